The highest BCUT2D eigenvalue weighted by atomic mass is 32.1. The molecule has 1 N–H and O–H groups in total. The van der Waals surface area contributed by atoms with E-state index in [-0.39, 0.29) is 24.7 Å². The third-order valence-corrected chi connectivity index (χ3v) is 5.83. The van der Waals surface area contributed by atoms with Gasteiger partial charge in [-0.15, -0.1) is 0 Å². The van der Waals surface area contributed by atoms with E-state index < -0.39 is 0 Å². The van der Waals surface area contributed by atoms with Crippen molar-refractivity contribution in [3.63, 3.8) is 0 Å². The van der Waals surface area contributed by atoms with Gasteiger partial charge in [-0.05, 0) is 42.7 Å². The predicted octanol–water partition coefficient (Wildman–Crippen LogP) is 3.07. The topological polar surface area (TPSA) is 78.4 Å². The molecule has 150 valence electrons. The van der Waals surface area contributed by atoms with Gasteiger partial charge in [0.25, 0.3) is 0 Å². The third-order valence-electron chi connectivity index (χ3n) is 5.01. The lowest BCUT2D eigenvalue weighted by molar-refractivity contribution is -0.133. The van der Waals surface area contributed by atoms with Crippen molar-refractivity contribution in [3.8, 4) is 0 Å². The SMILES string of the molecule is Cc1cccc(NC(=O)CCC(=O)N2CCN(c3nsc4ccccc34)CC2)n1. The number of carbonyl (C=O) groups is 2. The van der Waals surface area contributed by atoms with E-state index in [2.05, 4.69) is 31.7 Å². The summed E-state index contributed by atoms with van der Waals surface area (Å²) in [6.45, 7) is 4.66. The molecule has 7 nitrogen and oxygen atoms in total. The molecule has 1 saturated heterocycles. The van der Waals surface area contributed by atoms with Gasteiger partial charge in [0.1, 0.15) is 11.6 Å². The van der Waals surface area contributed by atoms with Crippen LogP contribution in [0.3, 0.4) is 0 Å². The standard InChI is InChI=1S/C21H23N5O2S/c1-15-5-4-8-18(22-15)23-19(27)9-10-20(28)25-11-13-26(14-12-25)21-16-6-2-3-7-17(16)29-24-21/h2-8H,9-14H2,1H3,(H,22,23,27). The molecule has 3 heterocycles. The van der Waals surface area contributed by atoms with Crippen molar-refractivity contribution in [3.05, 3.63) is 48.2 Å². The van der Waals surface area contributed by atoms with Crippen molar-refractivity contribution in [2.24, 2.45) is 0 Å². The van der Waals surface area contributed by atoms with Gasteiger partial charge < -0.3 is 15.1 Å². The van der Waals surface area contributed by atoms with E-state index in [1.807, 2.05) is 36.1 Å². The highest BCUT2D eigenvalue weighted by Crippen LogP contribution is 2.29. The molecule has 0 aliphatic carbocycles. The minimum Gasteiger partial charge on any atom is -0.352 e. The Labute approximate surface area is 173 Å². The molecule has 1 aliphatic heterocycles. The van der Waals surface area contributed by atoms with Gasteiger partial charge in [-0.1, -0.05) is 18.2 Å². The summed E-state index contributed by atoms with van der Waals surface area (Å²) in [6.07, 6.45) is 0.364. The molecule has 1 fully saturated rings. The molecule has 3 aromatic rings. The van der Waals surface area contributed by atoms with Gasteiger partial charge in [0, 0.05) is 50.1 Å². The number of nitrogens with zero attached hydrogens (tertiary/aromatic N) is 4. The molecule has 0 radical (unpaired) electrons. The molecule has 0 atom stereocenters. The summed E-state index contributed by atoms with van der Waals surface area (Å²) in [5.41, 5.74) is 0.838. The molecule has 0 spiro atoms. The van der Waals surface area contributed by atoms with Crippen LogP contribution in [0.5, 0.6) is 0 Å². The van der Waals surface area contributed by atoms with Crippen molar-refractivity contribution < 1.29 is 9.59 Å². The van der Waals surface area contributed by atoms with Gasteiger partial charge in [-0.2, -0.15) is 4.37 Å². The lowest BCUT2D eigenvalue weighted by Crippen LogP contribution is -2.49. The monoisotopic (exact) mass is 409 g/mol. The van der Waals surface area contributed by atoms with Crippen molar-refractivity contribution in [2.75, 3.05) is 36.4 Å². The van der Waals surface area contributed by atoms with Crippen LogP contribution in [0.2, 0.25) is 0 Å². The molecule has 29 heavy (non-hydrogen) atoms. The van der Waals surface area contributed by atoms with E-state index in [1.54, 1.807) is 6.07 Å². The predicted molar refractivity (Wildman–Crippen MR) is 115 cm³/mol. The van der Waals surface area contributed by atoms with Gasteiger partial charge in [-0.25, -0.2) is 4.98 Å². The van der Waals surface area contributed by atoms with Gasteiger partial charge in [0.2, 0.25) is 11.8 Å². The quantitative estimate of drug-likeness (QED) is 0.701. The van der Waals surface area contributed by atoms with Crippen molar-refractivity contribution in [1.29, 1.82) is 0 Å². The first-order chi connectivity index (χ1) is 14.1. The number of hydrogen-bond acceptors (Lipinski definition) is 6. The fourth-order valence-electron chi connectivity index (χ4n) is 3.46. The molecular formula is C21H23N5O2S. The van der Waals surface area contributed by atoms with Crippen molar-refractivity contribution >= 4 is 45.1 Å². The first-order valence-electron chi connectivity index (χ1n) is 9.71. The number of anilines is 2. The maximum absolute atomic E-state index is 12.5. The van der Waals surface area contributed by atoms with Crippen LogP contribution in [0.4, 0.5) is 11.6 Å². The van der Waals surface area contributed by atoms with Crippen LogP contribution in [0, 0.1) is 6.92 Å². The van der Waals surface area contributed by atoms with Crippen LogP contribution in [0.15, 0.2) is 42.5 Å². The Kier molecular flexibility index (Phi) is 5.71. The molecule has 1 aromatic carbocycles. The molecule has 2 aromatic heterocycles. The molecular weight excluding hydrogens is 386 g/mol. The zero-order valence-electron chi connectivity index (χ0n) is 16.3. The minimum atomic E-state index is -0.191. The number of fused-ring (bicyclic) bond motifs is 1. The van der Waals surface area contributed by atoms with E-state index in [9.17, 15) is 9.59 Å². The zero-order chi connectivity index (χ0) is 20.2. The van der Waals surface area contributed by atoms with E-state index in [0.29, 0.717) is 18.9 Å². The van der Waals surface area contributed by atoms with Crippen LogP contribution in [0.1, 0.15) is 18.5 Å². The average Bonchev–Trinajstić information content (AvgIpc) is 3.16. The van der Waals surface area contributed by atoms with E-state index in [0.717, 1.165) is 24.6 Å². The van der Waals surface area contributed by atoms with E-state index >= 15 is 0 Å². The number of benzene rings is 1. The summed E-state index contributed by atoms with van der Waals surface area (Å²) >= 11 is 1.51. The number of pyridine rings is 1. The number of aromatic nitrogens is 2. The molecule has 8 heteroatoms. The Bertz CT molecular complexity index is 1030. The fourth-order valence-corrected chi connectivity index (χ4v) is 4.26. The molecule has 1 aliphatic rings. The summed E-state index contributed by atoms with van der Waals surface area (Å²) in [6, 6.07) is 13.7. The molecule has 0 saturated carbocycles. The van der Waals surface area contributed by atoms with Crippen molar-refractivity contribution in [2.45, 2.75) is 19.8 Å². The van der Waals surface area contributed by atoms with Crippen LogP contribution >= 0.6 is 11.5 Å². The Morgan fingerprint density at radius 1 is 1.03 bits per heavy atom. The summed E-state index contributed by atoms with van der Waals surface area (Å²) in [5, 5.41) is 3.91. The Hall–Kier alpha value is -3.00. The van der Waals surface area contributed by atoms with Gasteiger partial charge in [0.05, 0.1) is 4.70 Å². The van der Waals surface area contributed by atoms with Gasteiger partial charge in [0.15, 0.2) is 0 Å². The lowest BCUT2D eigenvalue weighted by Gasteiger charge is -2.35. The molecule has 0 unspecified atom stereocenters. The van der Waals surface area contributed by atoms with Gasteiger partial charge >= 0.3 is 0 Å². The zero-order valence-corrected chi connectivity index (χ0v) is 17.1. The molecule has 4 rings (SSSR count). The number of amides is 2. The second-order valence-electron chi connectivity index (χ2n) is 7.08. The third kappa shape index (κ3) is 4.54. The molecule has 0 bridgehead atoms. The highest BCUT2D eigenvalue weighted by Gasteiger charge is 2.24. The Balaban J connectivity index is 1.26. The highest BCUT2D eigenvalue weighted by molar-refractivity contribution is 7.13. The largest absolute Gasteiger partial charge is 0.352 e. The number of nitrogens with one attached hydrogen (secondary N) is 1. The summed E-state index contributed by atoms with van der Waals surface area (Å²) in [4.78, 5) is 32.9. The first kappa shape index (κ1) is 19.3. The lowest BCUT2D eigenvalue weighted by atomic mass is 10.2. The number of rotatable bonds is 5. The molecule has 2 amide bonds. The van der Waals surface area contributed by atoms with E-state index in [1.165, 1.54) is 21.6 Å². The van der Waals surface area contributed by atoms with Crippen LogP contribution in [0.25, 0.3) is 10.1 Å². The number of hydrogen-bond donors (Lipinski definition) is 1. The maximum atomic E-state index is 12.5. The summed E-state index contributed by atoms with van der Waals surface area (Å²) in [5.74, 6) is 1.35. The van der Waals surface area contributed by atoms with Crippen LogP contribution in [-0.2, 0) is 9.59 Å². The number of piperazine rings is 1. The van der Waals surface area contributed by atoms with Gasteiger partial charge in [-0.3, -0.25) is 9.59 Å². The maximum Gasteiger partial charge on any atom is 0.226 e. The second kappa shape index (κ2) is 8.57. The Morgan fingerprint density at radius 2 is 1.83 bits per heavy atom. The summed E-state index contributed by atoms with van der Waals surface area (Å²) in [7, 11) is 0. The van der Waals surface area contributed by atoms with Crippen molar-refractivity contribution in [1.82, 2.24) is 14.3 Å². The fraction of sp³-hybridized carbons (Fsp3) is 0.333. The van der Waals surface area contributed by atoms with E-state index in [4.69, 9.17) is 0 Å². The normalized spacial score (nSPS) is 14.2. The number of carbonyl (C=O) groups excluding carboxylic acids is 2. The minimum absolute atomic E-state index is 0.0140. The average molecular weight is 410 g/mol. The number of aryl methyl sites for hydroxylation is 1. The summed E-state index contributed by atoms with van der Waals surface area (Å²) < 4.78 is 5.78. The Morgan fingerprint density at radius 3 is 2.62 bits per heavy atom. The smallest absolute Gasteiger partial charge is 0.226 e. The van der Waals surface area contributed by atoms with Crippen LogP contribution in [-0.4, -0.2) is 52.3 Å². The first-order valence-corrected chi connectivity index (χ1v) is 10.5. The second-order valence-corrected chi connectivity index (χ2v) is 7.89. The van der Waals surface area contributed by atoms with Crippen LogP contribution < -0.4 is 10.2 Å².